The minimum Gasteiger partial charge on any atom is -0.545 e. The number of halogens is 3. The van der Waals surface area contributed by atoms with E-state index in [1.165, 1.54) is 18.2 Å². The molecule has 1 heterocycles. The second kappa shape index (κ2) is 4.48. The number of hydrogen-bond acceptors (Lipinski definition) is 4. The number of carboxylic acids is 1. The number of carboxylic acid groups (broad SMARTS) is 1. The molecule has 0 N–H and O–H groups in total. The summed E-state index contributed by atoms with van der Waals surface area (Å²) in [7, 11) is 0. The third-order valence-corrected chi connectivity index (χ3v) is 3.82. The van der Waals surface area contributed by atoms with Crippen molar-refractivity contribution in [1.29, 1.82) is 0 Å². The second-order valence-corrected chi connectivity index (χ2v) is 4.79. The Hall–Kier alpha value is -1.63. The van der Waals surface area contributed by atoms with Gasteiger partial charge in [0.1, 0.15) is 5.75 Å². The minimum atomic E-state index is -4.88. The van der Waals surface area contributed by atoms with Crippen LogP contribution in [0.3, 0.4) is 0 Å². The first kappa shape index (κ1) is 13.8. The van der Waals surface area contributed by atoms with E-state index in [9.17, 15) is 23.1 Å². The first-order valence-corrected chi connectivity index (χ1v) is 6.38. The van der Waals surface area contributed by atoms with E-state index in [1.807, 2.05) is 0 Å². The van der Waals surface area contributed by atoms with Crippen LogP contribution < -0.4 is 9.84 Å². The van der Waals surface area contributed by atoms with Gasteiger partial charge in [0.15, 0.2) is 0 Å². The summed E-state index contributed by atoms with van der Waals surface area (Å²) in [6, 6.07) is 5.91. The predicted molar refractivity (Wildman–Crippen MR) is 62.4 cm³/mol. The summed E-state index contributed by atoms with van der Waals surface area (Å²) in [5.41, 5.74) is -0.665. The molecule has 19 heavy (non-hydrogen) atoms. The van der Waals surface area contributed by atoms with Gasteiger partial charge in [-0.1, -0.05) is 18.2 Å². The van der Waals surface area contributed by atoms with Gasteiger partial charge < -0.3 is 14.6 Å². The monoisotopic (exact) mass is 289 g/mol. The SMILES string of the molecule is CSC1(C(F)(F)F)Oc2ccccc2C=C1C(=O)[O-]. The van der Waals surface area contributed by atoms with E-state index >= 15 is 0 Å². The lowest BCUT2D eigenvalue weighted by Crippen LogP contribution is -2.54. The first-order valence-electron chi connectivity index (χ1n) is 5.15. The quantitative estimate of drug-likeness (QED) is 0.833. The van der Waals surface area contributed by atoms with Crippen molar-refractivity contribution >= 4 is 23.8 Å². The predicted octanol–water partition coefficient (Wildman–Crippen LogP) is 1.83. The molecule has 1 aromatic rings. The van der Waals surface area contributed by atoms with Crippen LogP contribution in [0.5, 0.6) is 5.75 Å². The lowest BCUT2D eigenvalue weighted by atomic mass is 10.0. The summed E-state index contributed by atoms with van der Waals surface area (Å²) >= 11 is 0.264. The van der Waals surface area contributed by atoms with Gasteiger partial charge in [-0.25, -0.2) is 0 Å². The molecule has 0 spiro atoms. The number of fused-ring (bicyclic) bond motifs is 1. The number of benzene rings is 1. The molecule has 1 atom stereocenters. The van der Waals surface area contributed by atoms with E-state index in [2.05, 4.69) is 0 Å². The maximum absolute atomic E-state index is 13.2. The van der Waals surface area contributed by atoms with E-state index in [1.54, 1.807) is 6.07 Å². The van der Waals surface area contributed by atoms with Crippen molar-refractivity contribution in [2.45, 2.75) is 11.1 Å². The molecule has 0 aromatic heterocycles. The fourth-order valence-electron chi connectivity index (χ4n) is 1.82. The molecule has 0 radical (unpaired) electrons. The van der Waals surface area contributed by atoms with E-state index in [4.69, 9.17) is 4.74 Å². The number of para-hydroxylation sites is 1. The zero-order chi connectivity index (χ0) is 14.3. The van der Waals surface area contributed by atoms with Crippen LogP contribution in [0.4, 0.5) is 13.2 Å². The highest BCUT2D eigenvalue weighted by atomic mass is 32.2. The van der Waals surface area contributed by atoms with Gasteiger partial charge in [-0.2, -0.15) is 13.2 Å². The van der Waals surface area contributed by atoms with Gasteiger partial charge in [0, 0.05) is 11.1 Å². The van der Waals surface area contributed by atoms with E-state index in [0.29, 0.717) is 0 Å². The van der Waals surface area contributed by atoms with Crippen LogP contribution in [0, 0.1) is 0 Å². The van der Waals surface area contributed by atoms with E-state index in [-0.39, 0.29) is 23.1 Å². The van der Waals surface area contributed by atoms with E-state index in [0.717, 1.165) is 12.3 Å². The molecule has 0 bridgehead atoms. The van der Waals surface area contributed by atoms with Gasteiger partial charge in [0.25, 0.3) is 4.93 Å². The molecule has 1 unspecified atom stereocenters. The van der Waals surface area contributed by atoms with Crippen LogP contribution in [0.2, 0.25) is 0 Å². The number of carbonyl (C=O) groups excluding carboxylic acids is 1. The summed E-state index contributed by atoms with van der Waals surface area (Å²) in [5, 5.41) is 11.0. The number of rotatable bonds is 2. The summed E-state index contributed by atoms with van der Waals surface area (Å²) in [6.45, 7) is 0. The van der Waals surface area contributed by atoms with Crippen LogP contribution in [0.15, 0.2) is 29.8 Å². The van der Waals surface area contributed by atoms with Gasteiger partial charge in [-0.05, 0) is 18.4 Å². The van der Waals surface area contributed by atoms with Crippen LogP contribution in [0.25, 0.3) is 6.08 Å². The molecule has 0 saturated carbocycles. The zero-order valence-corrected chi connectivity index (χ0v) is 10.5. The van der Waals surface area contributed by atoms with Crippen molar-refractivity contribution in [3.05, 3.63) is 35.4 Å². The van der Waals surface area contributed by atoms with Crippen molar-refractivity contribution < 1.29 is 27.8 Å². The fraction of sp³-hybridized carbons (Fsp3) is 0.250. The highest BCUT2D eigenvalue weighted by Gasteiger charge is 2.61. The van der Waals surface area contributed by atoms with Gasteiger partial charge >= 0.3 is 6.18 Å². The molecule has 2 rings (SSSR count). The Bertz CT molecular complexity index is 553. The molecule has 3 nitrogen and oxygen atoms in total. The third-order valence-electron chi connectivity index (χ3n) is 2.71. The van der Waals surface area contributed by atoms with Crippen molar-refractivity contribution in [2.75, 3.05) is 6.26 Å². The maximum Gasteiger partial charge on any atom is 0.442 e. The molecule has 1 aromatic carbocycles. The Morgan fingerprint density at radius 2 is 2.00 bits per heavy atom. The molecule has 0 amide bonds. The zero-order valence-electron chi connectivity index (χ0n) is 9.65. The Kier molecular flexibility index (Phi) is 3.25. The standard InChI is InChI=1S/C12H9F3O3S/c1-19-11(12(13,14)15)8(10(16)17)6-7-4-2-3-5-9(7)18-11/h2-6H,1H3,(H,16,17)/p-1. The Morgan fingerprint density at radius 1 is 1.37 bits per heavy atom. The Morgan fingerprint density at radius 3 is 2.53 bits per heavy atom. The maximum atomic E-state index is 13.2. The van der Waals surface area contributed by atoms with Crippen LogP contribution >= 0.6 is 11.8 Å². The lowest BCUT2D eigenvalue weighted by molar-refractivity contribution is -0.303. The summed E-state index contributed by atoms with van der Waals surface area (Å²) in [4.78, 5) is 8.07. The normalized spacial score (nSPS) is 22.2. The molecule has 1 aliphatic heterocycles. The first-order chi connectivity index (χ1) is 8.82. The summed E-state index contributed by atoms with van der Waals surface area (Å²) in [6.07, 6.45) is -2.80. The van der Waals surface area contributed by atoms with Crippen molar-refractivity contribution in [1.82, 2.24) is 0 Å². The molecule has 7 heteroatoms. The van der Waals surface area contributed by atoms with Gasteiger partial charge in [0.2, 0.25) is 0 Å². The van der Waals surface area contributed by atoms with E-state index < -0.39 is 22.7 Å². The van der Waals surface area contributed by atoms with Gasteiger partial charge in [-0.15, -0.1) is 11.8 Å². The van der Waals surface area contributed by atoms with Gasteiger partial charge in [-0.3, -0.25) is 0 Å². The molecule has 0 aliphatic carbocycles. The molecule has 102 valence electrons. The third kappa shape index (κ3) is 2.07. The van der Waals surface area contributed by atoms with Crippen molar-refractivity contribution in [2.24, 2.45) is 0 Å². The number of hydrogen-bond donors (Lipinski definition) is 0. The topological polar surface area (TPSA) is 49.4 Å². The lowest BCUT2D eigenvalue weighted by Gasteiger charge is -2.39. The average Bonchev–Trinajstić information content (AvgIpc) is 2.35. The second-order valence-electron chi connectivity index (χ2n) is 3.80. The average molecular weight is 289 g/mol. The minimum absolute atomic E-state index is 0.0147. The Labute approximate surface area is 111 Å². The van der Waals surface area contributed by atoms with Crippen LogP contribution in [0.1, 0.15) is 5.56 Å². The van der Waals surface area contributed by atoms with Gasteiger partial charge in [0.05, 0.1) is 5.97 Å². The largest absolute Gasteiger partial charge is 0.545 e. The molecule has 0 fully saturated rings. The number of aliphatic carboxylic acids is 1. The molecule has 1 aliphatic rings. The number of carbonyl (C=O) groups is 1. The highest BCUT2D eigenvalue weighted by molar-refractivity contribution is 8.00. The molecule has 0 saturated heterocycles. The number of thioether (sulfide) groups is 1. The summed E-state index contributed by atoms with van der Waals surface area (Å²) in [5.74, 6) is -1.92. The summed E-state index contributed by atoms with van der Waals surface area (Å²) < 4.78 is 44.6. The van der Waals surface area contributed by atoms with Crippen molar-refractivity contribution in [3.63, 3.8) is 0 Å². The van der Waals surface area contributed by atoms with Crippen LogP contribution in [-0.4, -0.2) is 23.3 Å². The molecular weight excluding hydrogens is 281 g/mol. The highest BCUT2D eigenvalue weighted by Crippen LogP contribution is 2.50. The number of alkyl halides is 3. The fourth-order valence-corrected chi connectivity index (χ4v) is 2.59. The number of ether oxygens (including phenoxy) is 1. The van der Waals surface area contributed by atoms with Crippen LogP contribution in [-0.2, 0) is 4.79 Å². The molecular formula is C12H8F3O3S-. The smallest absolute Gasteiger partial charge is 0.442 e. The Balaban J connectivity index is 2.67. The van der Waals surface area contributed by atoms with Crippen molar-refractivity contribution in [3.8, 4) is 5.75 Å².